The summed E-state index contributed by atoms with van der Waals surface area (Å²) in [5.41, 5.74) is 5.15. The van der Waals surface area contributed by atoms with Crippen LogP contribution in [-0.4, -0.2) is 28.0 Å². The fourth-order valence-electron chi connectivity index (χ4n) is 3.43. The third kappa shape index (κ3) is 3.17. The SMILES string of the molecule is C=Cc1ccc(N2CC(c3nccnc3-c3cccc(C#N)c3)C2)nc1C=C. The molecule has 136 valence electrons. The number of hydrogen-bond acceptors (Lipinski definition) is 5. The molecule has 1 aliphatic rings. The van der Waals surface area contributed by atoms with Crippen molar-refractivity contribution in [2.45, 2.75) is 5.92 Å². The minimum Gasteiger partial charge on any atom is -0.355 e. The van der Waals surface area contributed by atoms with Gasteiger partial charge in [0.25, 0.3) is 0 Å². The van der Waals surface area contributed by atoms with E-state index in [4.69, 9.17) is 0 Å². The Labute approximate surface area is 164 Å². The summed E-state index contributed by atoms with van der Waals surface area (Å²) in [5, 5.41) is 9.17. The van der Waals surface area contributed by atoms with E-state index in [9.17, 15) is 5.26 Å². The Bertz CT molecular complexity index is 1090. The molecule has 4 rings (SSSR count). The van der Waals surface area contributed by atoms with E-state index >= 15 is 0 Å². The zero-order chi connectivity index (χ0) is 19.5. The van der Waals surface area contributed by atoms with Crippen molar-refractivity contribution in [3.63, 3.8) is 0 Å². The topological polar surface area (TPSA) is 65.7 Å². The molecule has 5 heteroatoms. The number of nitrogens with zero attached hydrogens (tertiary/aromatic N) is 5. The van der Waals surface area contributed by atoms with Gasteiger partial charge in [-0.3, -0.25) is 9.97 Å². The number of hydrogen-bond donors (Lipinski definition) is 0. The molecule has 28 heavy (non-hydrogen) atoms. The summed E-state index contributed by atoms with van der Waals surface area (Å²) in [5.74, 6) is 1.19. The summed E-state index contributed by atoms with van der Waals surface area (Å²) >= 11 is 0. The van der Waals surface area contributed by atoms with Crippen LogP contribution in [0.15, 0.2) is 61.9 Å². The lowest BCUT2D eigenvalue weighted by molar-refractivity contribution is 0.508. The molecule has 5 nitrogen and oxygen atoms in total. The Morgan fingerprint density at radius 2 is 1.89 bits per heavy atom. The van der Waals surface area contributed by atoms with Crippen LogP contribution >= 0.6 is 0 Å². The maximum absolute atomic E-state index is 9.17. The lowest BCUT2D eigenvalue weighted by Crippen LogP contribution is -2.46. The van der Waals surface area contributed by atoms with Gasteiger partial charge >= 0.3 is 0 Å². The minimum absolute atomic E-state index is 0.266. The molecular weight excluding hydrogens is 346 g/mol. The molecule has 0 saturated carbocycles. The fraction of sp³-hybridized carbons (Fsp3) is 0.130. The number of anilines is 1. The molecule has 0 spiro atoms. The predicted octanol–water partition coefficient (Wildman–Crippen LogP) is 4.30. The van der Waals surface area contributed by atoms with Gasteiger partial charge in [0.05, 0.1) is 28.7 Å². The van der Waals surface area contributed by atoms with Gasteiger partial charge in [-0.05, 0) is 35.9 Å². The van der Waals surface area contributed by atoms with E-state index in [1.807, 2.05) is 30.3 Å². The second-order valence-corrected chi connectivity index (χ2v) is 6.64. The van der Waals surface area contributed by atoms with Crippen molar-refractivity contribution in [1.29, 1.82) is 5.26 Å². The summed E-state index contributed by atoms with van der Waals surface area (Å²) in [4.78, 5) is 16.0. The summed E-state index contributed by atoms with van der Waals surface area (Å²) < 4.78 is 0. The zero-order valence-corrected chi connectivity index (χ0v) is 15.4. The largest absolute Gasteiger partial charge is 0.355 e. The molecule has 0 atom stereocenters. The molecular formula is C23H19N5. The average Bonchev–Trinajstić information content (AvgIpc) is 2.73. The van der Waals surface area contributed by atoms with Crippen molar-refractivity contribution in [3.05, 3.63) is 84.5 Å². The van der Waals surface area contributed by atoms with E-state index in [0.717, 1.165) is 47.1 Å². The summed E-state index contributed by atoms with van der Waals surface area (Å²) in [6.45, 7) is 9.29. The number of pyridine rings is 1. The molecule has 3 aromatic rings. The minimum atomic E-state index is 0.266. The van der Waals surface area contributed by atoms with Crippen molar-refractivity contribution in [1.82, 2.24) is 15.0 Å². The third-order valence-electron chi connectivity index (χ3n) is 4.94. The van der Waals surface area contributed by atoms with E-state index in [0.29, 0.717) is 5.56 Å². The van der Waals surface area contributed by atoms with Gasteiger partial charge in [0, 0.05) is 37.0 Å². The van der Waals surface area contributed by atoms with Crippen molar-refractivity contribution in [2.75, 3.05) is 18.0 Å². The predicted molar refractivity (Wildman–Crippen MR) is 112 cm³/mol. The van der Waals surface area contributed by atoms with Crippen LogP contribution in [0.5, 0.6) is 0 Å². The molecule has 0 bridgehead atoms. The Balaban J connectivity index is 1.58. The van der Waals surface area contributed by atoms with Crippen molar-refractivity contribution >= 4 is 18.0 Å². The molecule has 2 aromatic heterocycles. The second-order valence-electron chi connectivity index (χ2n) is 6.64. The Kier molecular flexibility index (Phi) is 4.69. The molecule has 1 fully saturated rings. The quantitative estimate of drug-likeness (QED) is 0.674. The highest BCUT2D eigenvalue weighted by Gasteiger charge is 2.32. The highest BCUT2D eigenvalue weighted by molar-refractivity contribution is 5.66. The van der Waals surface area contributed by atoms with Crippen molar-refractivity contribution < 1.29 is 0 Å². The van der Waals surface area contributed by atoms with Crippen LogP contribution in [0.3, 0.4) is 0 Å². The Hall–Kier alpha value is -3.78. The van der Waals surface area contributed by atoms with E-state index < -0.39 is 0 Å². The van der Waals surface area contributed by atoms with Crippen LogP contribution in [0.25, 0.3) is 23.4 Å². The molecule has 0 amide bonds. The summed E-state index contributed by atoms with van der Waals surface area (Å²) in [7, 11) is 0. The first kappa shape index (κ1) is 17.6. The average molecular weight is 365 g/mol. The van der Waals surface area contributed by atoms with Crippen molar-refractivity contribution in [2.24, 2.45) is 0 Å². The molecule has 1 aliphatic heterocycles. The van der Waals surface area contributed by atoms with Gasteiger partial charge in [-0.1, -0.05) is 31.4 Å². The van der Waals surface area contributed by atoms with Gasteiger partial charge in [0.15, 0.2) is 0 Å². The molecule has 3 heterocycles. The van der Waals surface area contributed by atoms with Crippen molar-refractivity contribution in [3.8, 4) is 17.3 Å². The third-order valence-corrected chi connectivity index (χ3v) is 4.94. The van der Waals surface area contributed by atoms with Crippen LogP contribution in [0.4, 0.5) is 5.82 Å². The first-order valence-electron chi connectivity index (χ1n) is 9.05. The molecule has 1 aromatic carbocycles. The Morgan fingerprint density at radius 3 is 2.64 bits per heavy atom. The Morgan fingerprint density at radius 1 is 1.07 bits per heavy atom. The monoisotopic (exact) mass is 365 g/mol. The van der Waals surface area contributed by atoms with E-state index in [-0.39, 0.29) is 5.92 Å². The van der Waals surface area contributed by atoms with Gasteiger partial charge in [-0.25, -0.2) is 4.98 Å². The molecule has 0 unspecified atom stereocenters. The van der Waals surface area contributed by atoms with Gasteiger partial charge in [0.1, 0.15) is 5.82 Å². The van der Waals surface area contributed by atoms with Gasteiger partial charge < -0.3 is 4.90 Å². The molecule has 0 radical (unpaired) electrons. The van der Waals surface area contributed by atoms with E-state index in [1.54, 1.807) is 30.6 Å². The maximum Gasteiger partial charge on any atom is 0.129 e. The van der Waals surface area contributed by atoms with E-state index in [2.05, 4.69) is 39.1 Å². The standard InChI is InChI=1S/C23H19N5/c1-3-17-8-9-21(27-20(17)4-2)28-14-19(15-28)23-22(25-10-11-26-23)18-7-5-6-16(12-18)13-24/h3-12,19H,1-2,14-15H2. The van der Waals surface area contributed by atoms with Crippen LogP contribution < -0.4 is 4.90 Å². The molecule has 1 saturated heterocycles. The molecule has 0 aliphatic carbocycles. The smallest absolute Gasteiger partial charge is 0.129 e. The molecule has 0 N–H and O–H groups in total. The first-order chi connectivity index (χ1) is 13.7. The lowest BCUT2D eigenvalue weighted by atomic mass is 9.92. The number of aromatic nitrogens is 3. The number of benzene rings is 1. The fourth-order valence-corrected chi connectivity index (χ4v) is 3.43. The summed E-state index contributed by atoms with van der Waals surface area (Å²) in [6.07, 6.45) is 6.96. The van der Waals surface area contributed by atoms with Crippen LogP contribution in [0.2, 0.25) is 0 Å². The lowest BCUT2D eigenvalue weighted by Gasteiger charge is -2.40. The summed E-state index contributed by atoms with van der Waals surface area (Å²) in [6, 6.07) is 13.7. The van der Waals surface area contributed by atoms with Gasteiger partial charge in [-0.15, -0.1) is 0 Å². The zero-order valence-electron chi connectivity index (χ0n) is 15.4. The first-order valence-corrected chi connectivity index (χ1v) is 9.05. The normalized spacial score (nSPS) is 13.5. The maximum atomic E-state index is 9.17. The van der Waals surface area contributed by atoms with E-state index in [1.165, 1.54) is 0 Å². The van der Waals surface area contributed by atoms with Crippen LogP contribution in [0.1, 0.15) is 28.4 Å². The number of nitriles is 1. The van der Waals surface area contributed by atoms with Gasteiger partial charge in [-0.2, -0.15) is 5.26 Å². The number of rotatable bonds is 5. The van der Waals surface area contributed by atoms with Crippen LogP contribution in [0, 0.1) is 11.3 Å². The highest BCUT2D eigenvalue weighted by Crippen LogP contribution is 2.34. The van der Waals surface area contributed by atoms with Crippen LogP contribution in [-0.2, 0) is 0 Å². The second kappa shape index (κ2) is 7.45. The van der Waals surface area contributed by atoms with Gasteiger partial charge in [0.2, 0.25) is 0 Å². The highest BCUT2D eigenvalue weighted by atomic mass is 15.2.